The van der Waals surface area contributed by atoms with Crippen molar-refractivity contribution in [2.45, 2.75) is 0 Å². The van der Waals surface area contributed by atoms with Gasteiger partial charge < -0.3 is 52.6 Å². The van der Waals surface area contributed by atoms with E-state index in [-0.39, 0.29) is 177 Å². The Bertz CT molecular complexity index is 356. The second-order valence-corrected chi connectivity index (χ2v) is 6.96. The normalized spacial score (nSPS) is 14.3. The van der Waals surface area contributed by atoms with Crippen LogP contribution >= 0.6 is 31.3 Å². The van der Waals surface area contributed by atoms with Crippen LogP contribution < -0.4 is 207 Å². The first-order valence-corrected chi connectivity index (χ1v) is 8.87. The Morgan fingerprint density at radius 3 is 0.667 bits per heavy atom. The van der Waals surface area contributed by atoms with Crippen molar-refractivity contribution in [2.75, 3.05) is 0 Å². The molecule has 24 heteroatoms. The fourth-order valence-electron chi connectivity index (χ4n) is 0.253. The molecule has 0 amide bonds. The summed E-state index contributed by atoms with van der Waals surface area (Å²) in [6, 6.07) is 0. The van der Waals surface area contributed by atoms with Gasteiger partial charge in [0.25, 0.3) is 15.6 Å². The molecular formula is H2Na6O14P4. The summed E-state index contributed by atoms with van der Waals surface area (Å²) >= 11 is 0. The summed E-state index contributed by atoms with van der Waals surface area (Å²) in [5.74, 6) is 0. The van der Waals surface area contributed by atoms with Crippen molar-refractivity contribution in [1.29, 1.82) is 0 Å². The maximum atomic E-state index is 9.48. The van der Waals surface area contributed by atoms with Gasteiger partial charge in [-0.1, -0.05) is 0 Å². The van der Waals surface area contributed by atoms with Crippen molar-refractivity contribution >= 4 is 31.3 Å². The van der Waals surface area contributed by atoms with Crippen molar-refractivity contribution in [3.05, 3.63) is 0 Å². The van der Waals surface area contributed by atoms with E-state index in [9.17, 15) is 47.6 Å². The van der Waals surface area contributed by atoms with E-state index >= 15 is 0 Å². The predicted molar refractivity (Wildman–Crippen MR) is 37.0 cm³/mol. The van der Waals surface area contributed by atoms with Gasteiger partial charge in [-0.15, -0.1) is 0 Å². The average Bonchev–Trinajstić information content (AvgIpc) is 1.64. The summed E-state index contributed by atoms with van der Waals surface area (Å²) in [7, 11) is -22.1. The van der Waals surface area contributed by atoms with E-state index in [2.05, 4.69) is 8.62 Å². The molecule has 14 nitrogen and oxygen atoms in total. The Hall–Kier alpha value is 6.52. The van der Waals surface area contributed by atoms with Gasteiger partial charge >= 0.3 is 177 Å². The van der Waals surface area contributed by atoms with Gasteiger partial charge in [-0.3, -0.25) is 9.13 Å². The van der Waals surface area contributed by atoms with Crippen LogP contribution in [0.3, 0.4) is 0 Å². The Morgan fingerprint density at radius 2 is 0.667 bits per heavy atom. The van der Waals surface area contributed by atoms with Crippen molar-refractivity contribution in [3.63, 3.8) is 0 Å². The predicted octanol–water partition coefficient (Wildman–Crippen LogP) is -23.4. The van der Waals surface area contributed by atoms with Gasteiger partial charge in [0, 0.05) is 0 Å². The standard InChI is InChI=1S/6Na.2H4O7P2/c;;;;;;2*1-8(2,3)7-9(4,5)6/h;;;;;;2*(H2,1,2,3)(H2,4,5,6)/q6*+1;;/p-6. The van der Waals surface area contributed by atoms with E-state index in [1.165, 1.54) is 0 Å². The van der Waals surface area contributed by atoms with Crippen LogP contribution in [0, 0.1) is 0 Å². The second-order valence-electron chi connectivity index (χ2n) is 1.99. The van der Waals surface area contributed by atoms with Crippen LogP contribution in [0.4, 0.5) is 0 Å². The van der Waals surface area contributed by atoms with Gasteiger partial charge in [0.1, 0.15) is 0 Å². The zero-order chi connectivity index (χ0) is 15.4. The second kappa shape index (κ2) is 22.7. The van der Waals surface area contributed by atoms with Crippen molar-refractivity contribution in [3.8, 4) is 0 Å². The molecule has 24 heavy (non-hydrogen) atoms. The van der Waals surface area contributed by atoms with Gasteiger partial charge in [-0.25, -0.2) is 4.31 Å². The fraction of sp³-hybridized carbons (Fsp3) is 0. The monoisotopic (exact) mass is 488 g/mol. The van der Waals surface area contributed by atoms with E-state index in [4.69, 9.17) is 9.79 Å². The largest absolute Gasteiger partial charge is 1.00 e. The topological polar surface area (TPSA) is 266 Å². The van der Waals surface area contributed by atoms with E-state index in [0.29, 0.717) is 0 Å². The van der Waals surface area contributed by atoms with Gasteiger partial charge in [0.2, 0.25) is 0 Å². The first-order valence-electron chi connectivity index (χ1n) is 2.96. The van der Waals surface area contributed by atoms with E-state index in [1.54, 1.807) is 0 Å². The first kappa shape index (κ1) is 52.4. The number of rotatable bonds is 4. The minimum atomic E-state index is -5.68. The number of hydrogen-bond acceptors (Lipinski definition) is 12. The Kier molecular flexibility index (Phi) is 49.6. The summed E-state index contributed by atoms with van der Waals surface area (Å²) in [4.78, 5) is 71.4. The summed E-state index contributed by atoms with van der Waals surface area (Å²) in [5, 5.41) is 0. The molecule has 2 atom stereocenters. The molecule has 0 bridgehead atoms. The molecule has 0 aromatic carbocycles. The Morgan fingerprint density at radius 1 is 0.500 bits per heavy atom. The molecule has 0 spiro atoms. The van der Waals surface area contributed by atoms with Gasteiger partial charge in [0.05, 0.1) is 15.6 Å². The van der Waals surface area contributed by atoms with Crippen molar-refractivity contribution < 1.29 is 243 Å². The third-order valence-electron chi connectivity index (χ3n) is 0.406. The van der Waals surface area contributed by atoms with Crippen molar-refractivity contribution in [1.82, 2.24) is 0 Å². The number of phosphoric acid groups is 4. The molecule has 0 aliphatic carbocycles. The van der Waals surface area contributed by atoms with Gasteiger partial charge in [0.15, 0.2) is 0 Å². The quantitative estimate of drug-likeness (QED) is 0.275. The van der Waals surface area contributed by atoms with E-state index in [0.717, 1.165) is 0 Å². The molecule has 0 aromatic heterocycles. The molecule has 0 aliphatic heterocycles. The fourth-order valence-corrected chi connectivity index (χ4v) is 2.28. The van der Waals surface area contributed by atoms with Crippen LogP contribution in [0.15, 0.2) is 0 Å². The summed E-state index contributed by atoms with van der Waals surface area (Å²) in [6.07, 6.45) is 0. The molecule has 0 saturated heterocycles. The third kappa shape index (κ3) is 63.0. The molecule has 0 saturated carbocycles. The van der Waals surface area contributed by atoms with Crippen LogP contribution in [-0.2, 0) is 26.9 Å². The average molecular weight is 488 g/mol. The zero-order valence-electron chi connectivity index (χ0n) is 13.6. The van der Waals surface area contributed by atoms with Crippen LogP contribution in [-0.4, -0.2) is 9.79 Å². The van der Waals surface area contributed by atoms with Gasteiger partial charge in [-0.05, 0) is 0 Å². The van der Waals surface area contributed by atoms with Crippen LogP contribution in [0.5, 0.6) is 0 Å². The molecule has 0 rings (SSSR count). The first-order chi connectivity index (χ1) is 7.41. The molecule has 0 fully saturated rings. The van der Waals surface area contributed by atoms with Crippen molar-refractivity contribution in [2.24, 2.45) is 0 Å². The van der Waals surface area contributed by atoms with Crippen LogP contribution in [0.1, 0.15) is 0 Å². The van der Waals surface area contributed by atoms with Crippen LogP contribution in [0.2, 0.25) is 0 Å². The van der Waals surface area contributed by atoms with E-state index in [1.807, 2.05) is 0 Å². The molecule has 0 aromatic rings. The minimum absolute atomic E-state index is 0. The molecule has 0 aliphatic rings. The Labute approximate surface area is 269 Å². The molecular weight excluding hydrogens is 486 g/mol. The summed E-state index contributed by atoms with van der Waals surface area (Å²) < 4.78 is 42.9. The van der Waals surface area contributed by atoms with Crippen LogP contribution in [0.25, 0.3) is 0 Å². The SMILES string of the molecule is O=P([O-])(O)OP(=O)([O-])O.O=P([O-])([O-])OP(=O)([O-])[O-].[Na+].[Na+].[Na+].[Na+].[Na+].[Na+]. The third-order valence-corrected chi connectivity index (χ3v) is 3.66. The molecule has 2 unspecified atom stereocenters. The maximum absolute atomic E-state index is 9.48. The zero-order valence-corrected chi connectivity index (χ0v) is 29.2. The van der Waals surface area contributed by atoms with E-state index < -0.39 is 31.3 Å². The molecule has 0 heterocycles. The summed E-state index contributed by atoms with van der Waals surface area (Å²) in [6.45, 7) is 0. The minimum Gasteiger partial charge on any atom is -0.790 e. The number of hydrogen-bond donors (Lipinski definition) is 2. The van der Waals surface area contributed by atoms with Gasteiger partial charge in [-0.2, -0.15) is 0 Å². The maximum Gasteiger partial charge on any atom is 1.00 e. The molecule has 112 valence electrons. The molecule has 0 radical (unpaired) electrons. The molecule has 2 N–H and O–H groups in total. The summed E-state index contributed by atoms with van der Waals surface area (Å²) in [5.41, 5.74) is 0. The Balaban J connectivity index is -0.0000000284. The smallest absolute Gasteiger partial charge is 0.790 e.